The van der Waals surface area contributed by atoms with Gasteiger partial charge in [0.25, 0.3) is 5.91 Å². The van der Waals surface area contributed by atoms with Crippen LogP contribution >= 0.6 is 0 Å². The lowest BCUT2D eigenvalue weighted by Crippen LogP contribution is -2.39. The Morgan fingerprint density at radius 2 is 1.89 bits per heavy atom. The number of ether oxygens (including phenoxy) is 1. The van der Waals surface area contributed by atoms with E-state index in [4.69, 9.17) is 9.15 Å². The molecule has 0 spiro atoms. The molecular formula is C38H31FN8O6. The van der Waals surface area contributed by atoms with Crippen molar-refractivity contribution in [2.45, 2.75) is 25.7 Å². The van der Waals surface area contributed by atoms with Crippen LogP contribution in [0, 0.1) is 24.6 Å². The van der Waals surface area contributed by atoms with E-state index in [1.165, 1.54) is 18.3 Å². The van der Waals surface area contributed by atoms with Crippen molar-refractivity contribution in [1.29, 1.82) is 0 Å². The minimum absolute atomic E-state index is 0.0358. The predicted octanol–water partition coefficient (Wildman–Crippen LogP) is 3.75. The van der Waals surface area contributed by atoms with Crippen molar-refractivity contribution in [2.75, 3.05) is 24.6 Å². The molecule has 6 heterocycles. The summed E-state index contributed by atoms with van der Waals surface area (Å²) in [6.45, 7) is 2.67. The Morgan fingerprint density at radius 1 is 1.06 bits per heavy atom. The number of hydrogen-bond donors (Lipinski definition) is 2. The molecule has 266 valence electrons. The predicted molar refractivity (Wildman–Crippen MR) is 191 cm³/mol. The zero-order valence-corrected chi connectivity index (χ0v) is 28.8. The summed E-state index contributed by atoms with van der Waals surface area (Å²) in [5, 5.41) is 5.44. The van der Waals surface area contributed by atoms with Crippen molar-refractivity contribution < 1.29 is 27.9 Å². The number of furan rings is 1. The van der Waals surface area contributed by atoms with Gasteiger partial charge in [-0.3, -0.25) is 33.8 Å². The molecule has 53 heavy (non-hydrogen) atoms. The lowest BCUT2D eigenvalue weighted by molar-refractivity contribution is -0.134. The first-order valence-corrected chi connectivity index (χ1v) is 16.8. The molecule has 3 amide bonds. The van der Waals surface area contributed by atoms with Gasteiger partial charge in [0.15, 0.2) is 23.0 Å². The Hall–Kier alpha value is -6.82. The third kappa shape index (κ3) is 5.93. The summed E-state index contributed by atoms with van der Waals surface area (Å²) in [4.78, 5) is 65.2. The Morgan fingerprint density at radius 3 is 2.70 bits per heavy atom. The Labute approximate surface area is 300 Å². The van der Waals surface area contributed by atoms with Gasteiger partial charge in [0.1, 0.15) is 18.0 Å². The van der Waals surface area contributed by atoms with Gasteiger partial charge < -0.3 is 19.4 Å². The van der Waals surface area contributed by atoms with E-state index in [1.807, 2.05) is 23.1 Å². The summed E-state index contributed by atoms with van der Waals surface area (Å²) >= 11 is 0. The summed E-state index contributed by atoms with van der Waals surface area (Å²) in [6.07, 6.45) is 3.70. The third-order valence-electron chi connectivity index (χ3n) is 9.53. The maximum Gasteiger partial charge on any atom is 0.328 e. The van der Waals surface area contributed by atoms with E-state index in [-0.39, 0.29) is 41.6 Å². The molecule has 0 bridgehead atoms. The number of hydrogen-bond acceptors (Lipinski definition) is 10. The summed E-state index contributed by atoms with van der Waals surface area (Å²) in [6, 6.07) is 11.9. The fraction of sp³-hybridized carbons (Fsp3) is 0.237. The van der Waals surface area contributed by atoms with Crippen LogP contribution < -0.4 is 26.0 Å². The Bertz CT molecular complexity index is 2650. The molecule has 2 aliphatic heterocycles. The monoisotopic (exact) mass is 714 g/mol. The summed E-state index contributed by atoms with van der Waals surface area (Å²) in [5.74, 6) is 4.10. The number of amides is 3. The summed E-state index contributed by atoms with van der Waals surface area (Å²) in [7, 11) is 3.49. The van der Waals surface area contributed by atoms with Crippen LogP contribution in [-0.4, -0.2) is 61.5 Å². The number of pyridine rings is 1. The maximum atomic E-state index is 14.6. The number of nitrogens with one attached hydrogen (secondary N) is 2. The number of imidazole rings is 1. The molecule has 1 atom stereocenters. The van der Waals surface area contributed by atoms with E-state index in [0.29, 0.717) is 59.0 Å². The number of rotatable bonds is 5. The Balaban J connectivity index is 0.954. The molecular weight excluding hydrogens is 683 g/mol. The van der Waals surface area contributed by atoms with Gasteiger partial charge in [-0.25, -0.2) is 14.2 Å². The smallest absolute Gasteiger partial charge is 0.328 e. The fourth-order valence-corrected chi connectivity index (χ4v) is 6.82. The highest BCUT2D eigenvalue weighted by Crippen LogP contribution is 2.37. The quantitative estimate of drug-likeness (QED) is 0.198. The SMILES string of the molecule is Cc1cc(-c2ncc3c(n2)OCCN3c2ccc3c(c2)n(C)c(=O)n3C)cnc1C(=O)NCC#Cc1cc2c(C3CCC(=O)NC3=O)ccc(F)c2o1. The molecule has 15 heteroatoms. The first kappa shape index (κ1) is 33.3. The first-order valence-electron chi connectivity index (χ1n) is 16.8. The number of halogens is 1. The average Bonchev–Trinajstić information content (AvgIpc) is 3.68. The number of carbonyl (C=O) groups excluding carboxylic acids is 3. The van der Waals surface area contributed by atoms with Crippen LogP contribution in [0.5, 0.6) is 5.88 Å². The summed E-state index contributed by atoms with van der Waals surface area (Å²) < 4.78 is 29.4. The van der Waals surface area contributed by atoms with Gasteiger partial charge in [0.05, 0.1) is 36.2 Å². The fourth-order valence-electron chi connectivity index (χ4n) is 6.82. The van der Waals surface area contributed by atoms with E-state index < -0.39 is 23.5 Å². The number of aryl methyl sites for hydroxylation is 3. The lowest BCUT2D eigenvalue weighted by atomic mass is 9.88. The van der Waals surface area contributed by atoms with Crippen molar-refractivity contribution in [3.63, 3.8) is 0 Å². The van der Waals surface area contributed by atoms with Crippen LogP contribution in [0.1, 0.15) is 46.1 Å². The highest BCUT2D eigenvalue weighted by atomic mass is 19.1. The number of piperidine rings is 1. The van der Waals surface area contributed by atoms with Crippen LogP contribution in [-0.2, 0) is 23.7 Å². The Kier molecular flexibility index (Phi) is 8.21. The van der Waals surface area contributed by atoms with E-state index in [2.05, 4.69) is 37.4 Å². The third-order valence-corrected chi connectivity index (χ3v) is 9.53. The van der Waals surface area contributed by atoms with Crippen molar-refractivity contribution in [3.8, 4) is 29.1 Å². The number of imide groups is 1. The molecule has 0 saturated carbocycles. The molecule has 14 nitrogen and oxygen atoms in total. The normalized spacial score (nSPS) is 15.5. The highest BCUT2D eigenvalue weighted by molar-refractivity contribution is 6.03. The first-order chi connectivity index (χ1) is 25.6. The second-order valence-electron chi connectivity index (χ2n) is 12.8. The minimum atomic E-state index is -0.617. The number of anilines is 2. The lowest BCUT2D eigenvalue weighted by Gasteiger charge is -2.30. The van der Waals surface area contributed by atoms with Crippen LogP contribution in [0.15, 0.2) is 64.1 Å². The minimum Gasteiger partial charge on any atom is -0.474 e. The van der Waals surface area contributed by atoms with Gasteiger partial charge in [-0.15, -0.1) is 0 Å². The molecule has 1 saturated heterocycles. The van der Waals surface area contributed by atoms with E-state index in [9.17, 15) is 23.6 Å². The molecule has 2 aliphatic rings. The van der Waals surface area contributed by atoms with Gasteiger partial charge in [-0.05, 0) is 60.7 Å². The summed E-state index contributed by atoms with van der Waals surface area (Å²) in [5.41, 5.74) is 4.99. The molecule has 1 fully saturated rings. The van der Waals surface area contributed by atoms with Crippen LogP contribution in [0.25, 0.3) is 33.4 Å². The van der Waals surface area contributed by atoms with Crippen molar-refractivity contribution in [1.82, 2.24) is 34.7 Å². The van der Waals surface area contributed by atoms with Gasteiger partial charge in [-0.1, -0.05) is 12.0 Å². The van der Waals surface area contributed by atoms with Crippen molar-refractivity contribution >= 4 is 51.1 Å². The van der Waals surface area contributed by atoms with E-state index in [0.717, 1.165) is 16.7 Å². The molecule has 1 unspecified atom stereocenters. The second-order valence-corrected chi connectivity index (χ2v) is 12.8. The van der Waals surface area contributed by atoms with Crippen LogP contribution in [0.2, 0.25) is 0 Å². The van der Waals surface area contributed by atoms with Crippen LogP contribution in [0.4, 0.5) is 15.8 Å². The van der Waals surface area contributed by atoms with Gasteiger partial charge in [0.2, 0.25) is 17.7 Å². The maximum absolute atomic E-state index is 14.6. The zero-order valence-electron chi connectivity index (χ0n) is 28.8. The van der Waals surface area contributed by atoms with E-state index in [1.54, 1.807) is 48.5 Å². The zero-order chi connectivity index (χ0) is 37.0. The van der Waals surface area contributed by atoms with Crippen molar-refractivity contribution in [2.24, 2.45) is 14.1 Å². The van der Waals surface area contributed by atoms with Gasteiger partial charge in [-0.2, -0.15) is 4.98 Å². The molecule has 2 aromatic carbocycles. The number of carbonyl (C=O) groups is 3. The van der Waals surface area contributed by atoms with Crippen LogP contribution in [0.3, 0.4) is 0 Å². The highest BCUT2D eigenvalue weighted by Gasteiger charge is 2.30. The van der Waals surface area contributed by atoms with Crippen molar-refractivity contribution in [3.05, 3.63) is 93.7 Å². The molecule has 0 aliphatic carbocycles. The van der Waals surface area contributed by atoms with Gasteiger partial charge in [0, 0.05) is 49.4 Å². The molecule has 4 aromatic heterocycles. The van der Waals surface area contributed by atoms with Gasteiger partial charge >= 0.3 is 5.69 Å². The number of nitrogens with zero attached hydrogens (tertiary/aromatic N) is 6. The average molecular weight is 715 g/mol. The molecule has 8 rings (SSSR count). The molecule has 6 aromatic rings. The second kappa shape index (κ2) is 13.1. The number of fused-ring (bicyclic) bond motifs is 3. The molecule has 0 radical (unpaired) electrons. The largest absolute Gasteiger partial charge is 0.474 e. The number of benzene rings is 2. The standard InChI is InChI=1S/C38H31FN8O6/c1-20-15-21(34-42-19-30-37(44-34)52-14-13-47(30)22-6-10-28-29(16-22)46(3)38(51)45(28)2)18-41-32(20)36(50)40-12-4-5-23-17-26-24(7-9-27(39)33(26)53-23)25-8-11-31(48)43-35(25)49/h6-7,9-10,15-19,25H,8,11-14H2,1-3H3,(H,40,50)(H,43,48,49). The number of aromatic nitrogens is 5. The topological polar surface area (TPSA) is 166 Å². The van der Waals surface area contributed by atoms with E-state index >= 15 is 0 Å². The molecule has 2 N–H and O–H groups in total.